The normalized spacial score (nSPS) is 18.4. The maximum Gasteiger partial charge on any atom is 0.105 e. The van der Waals surface area contributed by atoms with Gasteiger partial charge in [0.2, 0.25) is 0 Å². The van der Waals surface area contributed by atoms with E-state index in [2.05, 4.69) is 31.6 Å². The van der Waals surface area contributed by atoms with Crippen LogP contribution in [0.15, 0.2) is 81.0 Å². The molecule has 0 amide bonds. The van der Waals surface area contributed by atoms with E-state index in [-0.39, 0.29) is 19.5 Å². The van der Waals surface area contributed by atoms with Gasteiger partial charge in [-0.1, -0.05) is 12.2 Å². The van der Waals surface area contributed by atoms with E-state index >= 15 is 0 Å². The Morgan fingerprint density at radius 1 is 0.852 bits per heavy atom. The van der Waals surface area contributed by atoms with Crippen molar-refractivity contribution in [1.82, 2.24) is 21.3 Å². The number of hydrogen-bond donors (Lipinski definition) is 4. The van der Waals surface area contributed by atoms with Gasteiger partial charge >= 0.3 is 0 Å². The number of dihydropyridines is 2. The molecular weight excluding hydrogens is 398 g/mol. The predicted octanol–water partition coefficient (Wildman–Crippen LogP) is 2.49. The van der Waals surface area contributed by atoms with Crippen LogP contribution < -0.4 is 21.3 Å². The fourth-order valence-corrected chi connectivity index (χ4v) is 2.14. The third-order valence-corrected chi connectivity index (χ3v) is 3.50. The minimum atomic E-state index is 0. The predicted molar refractivity (Wildman–Crippen MR) is 106 cm³/mol. The summed E-state index contributed by atoms with van der Waals surface area (Å²) in [6.45, 7) is 4.87. The van der Waals surface area contributed by atoms with Crippen LogP contribution in [0.4, 0.5) is 0 Å². The molecule has 0 bridgehead atoms. The van der Waals surface area contributed by atoms with Crippen LogP contribution >= 0.6 is 0 Å². The standard InChI is InChI=1S/2C9H13N3O.Zn/c2*1-7(12-13)9-5-3-4-8(11-9)6-10-2;/h2*3-5,10-11H,6H2,1-2H3;/b2*9-7-;. The van der Waals surface area contributed by atoms with Gasteiger partial charge in [-0.15, -0.1) is 9.81 Å². The Kier molecular flexibility index (Phi) is 12.8. The molecule has 2 aliphatic rings. The largest absolute Gasteiger partial charge is 0.356 e. The first-order valence-electron chi connectivity index (χ1n) is 8.21. The molecule has 2 aliphatic heterocycles. The molecule has 0 aromatic heterocycles. The van der Waals surface area contributed by atoms with Gasteiger partial charge in [0.15, 0.2) is 0 Å². The molecule has 0 aliphatic carbocycles. The van der Waals surface area contributed by atoms with E-state index in [9.17, 15) is 9.81 Å². The third-order valence-electron chi connectivity index (χ3n) is 3.50. The van der Waals surface area contributed by atoms with Crippen LogP contribution in [0.3, 0.4) is 0 Å². The average Bonchev–Trinajstić information content (AvgIpc) is 2.68. The summed E-state index contributed by atoms with van der Waals surface area (Å²) in [7, 11) is 3.74. The van der Waals surface area contributed by atoms with Crippen molar-refractivity contribution in [2.45, 2.75) is 13.8 Å². The number of nitrogens with zero attached hydrogens (tertiary/aromatic N) is 2. The van der Waals surface area contributed by atoms with Crippen LogP contribution in [0, 0.1) is 9.81 Å². The van der Waals surface area contributed by atoms with E-state index in [1.54, 1.807) is 13.8 Å². The molecule has 142 valence electrons. The minimum Gasteiger partial charge on any atom is -0.356 e. The Balaban J connectivity index is 0.000000483. The summed E-state index contributed by atoms with van der Waals surface area (Å²) in [5, 5.41) is 18.0. The summed E-state index contributed by atoms with van der Waals surface area (Å²) in [6, 6.07) is 0. The van der Waals surface area contributed by atoms with Gasteiger partial charge in [-0.2, -0.15) is 0 Å². The molecule has 2 heterocycles. The Morgan fingerprint density at radius 2 is 1.22 bits per heavy atom. The van der Waals surface area contributed by atoms with Crippen LogP contribution in [-0.2, 0) is 19.5 Å². The van der Waals surface area contributed by atoms with Crippen LogP contribution in [0.2, 0.25) is 0 Å². The van der Waals surface area contributed by atoms with Gasteiger partial charge in [0.1, 0.15) is 11.4 Å². The second-order valence-electron chi connectivity index (χ2n) is 5.59. The number of likely N-dealkylation sites (N-methyl/N-ethyl adjacent to an activating group) is 2. The molecule has 0 aromatic carbocycles. The second-order valence-corrected chi connectivity index (χ2v) is 5.59. The summed E-state index contributed by atoms with van der Waals surface area (Å²) in [5.41, 5.74) is 4.53. The molecule has 0 saturated carbocycles. The van der Waals surface area contributed by atoms with Gasteiger partial charge in [0, 0.05) is 44.0 Å². The van der Waals surface area contributed by atoms with E-state index in [4.69, 9.17) is 0 Å². The molecule has 2 rings (SSSR count). The molecule has 0 fully saturated rings. The summed E-state index contributed by atoms with van der Waals surface area (Å²) in [4.78, 5) is 20.5. The molecule has 0 unspecified atom stereocenters. The van der Waals surface area contributed by atoms with Crippen molar-refractivity contribution in [3.8, 4) is 0 Å². The molecule has 9 heteroatoms. The van der Waals surface area contributed by atoms with E-state index in [1.807, 2.05) is 50.6 Å². The van der Waals surface area contributed by atoms with Crippen molar-refractivity contribution in [2.24, 2.45) is 10.4 Å². The Bertz CT molecular complexity index is 645. The van der Waals surface area contributed by atoms with Gasteiger partial charge in [-0.25, -0.2) is 0 Å². The van der Waals surface area contributed by atoms with Gasteiger partial charge in [-0.3, -0.25) is 0 Å². The first kappa shape index (κ1) is 24.8. The fourth-order valence-electron chi connectivity index (χ4n) is 2.14. The summed E-state index contributed by atoms with van der Waals surface area (Å²) in [6.07, 6.45) is 11.4. The molecule has 8 nitrogen and oxygen atoms in total. The van der Waals surface area contributed by atoms with E-state index in [0.717, 1.165) is 35.9 Å². The number of allylic oxidation sites excluding steroid dienone is 8. The van der Waals surface area contributed by atoms with E-state index in [1.165, 1.54) is 0 Å². The summed E-state index contributed by atoms with van der Waals surface area (Å²) < 4.78 is 0. The number of hydrogen-bond acceptors (Lipinski definition) is 8. The maximum atomic E-state index is 10.3. The number of nitrogens with one attached hydrogen (secondary N) is 4. The summed E-state index contributed by atoms with van der Waals surface area (Å²) >= 11 is 0. The molecular formula is C18H26N6O2Zn. The maximum absolute atomic E-state index is 10.3. The quantitative estimate of drug-likeness (QED) is 0.386. The van der Waals surface area contributed by atoms with Crippen LogP contribution in [-0.4, -0.2) is 27.2 Å². The van der Waals surface area contributed by atoms with Crippen molar-refractivity contribution in [3.63, 3.8) is 0 Å². The SMILES string of the molecule is CNCC1=CC=C/C(=C(\C)N=O)N1.CNCC1=CC=C/C(=C(\C)N=O)N1.[Zn]. The Morgan fingerprint density at radius 3 is 1.52 bits per heavy atom. The van der Waals surface area contributed by atoms with Crippen molar-refractivity contribution >= 4 is 0 Å². The van der Waals surface area contributed by atoms with Crippen LogP contribution in [0.1, 0.15) is 13.8 Å². The van der Waals surface area contributed by atoms with Gasteiger partial charge in [0.05, 0.1) is 11.4 Å². The van der Waals surface area contributed by atoms with Crippen LogP contribution in [0.5, 0.6) is 0 Å². The fraction of sp³-hybridized carbons (Fsp3) is 0.333. The second kappa shape index (κ2) is 13.9. The molecule has 0 atom stereocenters. The topological polar surface area (TPSA) is 107 Å². The van der Waals surface area contributed by atoms with Crippen molar-refractivity contribution in [3.05, 3.63) is 80.5 Å². The van der Waals surface area contributed by atoms with Gasteiger partial charge in [-0.05, 0) is 62.6 Å². The molecule has 0 aromatic rings. The zero-order valence-corrected chi connectivity index (χ0v) is 19.3. The number of nitroso groups, excluding NO2 is 2. The third kappa shape index (κ3) is 8.81. The Hall–Kier alpha value is -2.22. The molecule has 0 saturated heterocycles. The molecule has 0 spiro atoms. The van der Waals surface area contributed by atoms with Gasteiger partial charge in [0.25, 0.3) is 0 Å². The monoisotopic (exact) mass is 422 g/mol. The van der Waals surface area contributed by atoms with Crippen molar-refractivity contribution in [2.75, 3.05) is 27.2 Å². The zero-order chi connectivity index (χ0) is 19.4. The minimum absolute atomic E-state index is 0. The van der Waals surface area contributed by atoms with Gasteiger partial charge < -0.3 is 21.3 Å². The average molecular weight is 424 g/mol. The van der Waals surface area contributed by atoms with E-state index < -0.39 is 0 Å². The van der Waals surface area contributed by atoms with Crippen molar-refractivity contribution < 1.29 is 19.5 Å². The van der Waals surface area contributed by atoms with Crippen LogP contribution in [0.25, 0.3) is 0 Å². The summed E-state index contributed by atoms with van der Waals surface area (Å²) in [5.74, 6) is 0. The Labute approximate surface area is 172 Å². The molecule has 27 heavy (non-hydrogen) atoms. The number of rotatable bonds is 6. The first-order valence-corrected chi connectivity index (χ1v) is 8.21. The zero-order valence-electron chi connectivity index (χ0n) is 16.3. The first-order chi connectivity index (χ1) is 12.5. The molecule has 4 N–H and O–H groups in total. The smallest absolute Gasteiger partial charge is 0.105 e. The molecule has 0 radical (unpaired) electrons. The van der Waals surface area contributed by atoms with Crippen molar-refractivity contribution in [1.29, 1.82) is 0 Å². The van der Waals surface area contributed by atoms with E-state index in [0.29, 0.717) is 11.4 Å².